The van der Waals surface area contributed by atoms with Gasteiger partial charge in [-0.25, -0.2) is 0 Å². The molecule has 0 saturated heterocycles. The molecule has 1 heterocycles. The van der Waals surface area contributed by atoms with Crippen LogP contribution in [0.25, 0.3) is 10.9 Å². The Labute approximate surface area is 124 Å². The van der Waals surface area contributed by atoms with E-state index < -0.39 is 0 Å². The summed E-state index contributed by atoms with van der Waals surface area (Å²) in [5, 5.41) is 3.90. The highest BCUT2D eigenvalue weighted by Crippen LogP contribution is 2.32. The topological polar surface area (TPSA) is 44.9 Å². The summed E-state index contributed by atoms with van der Waals surface area (Å²) in [6, 6.07) is 18.5. The van der Waals surface area contributed by atoms with Crippen molar-refractivity contribution >= 4 is 16.8 Å². The Balaban J connectivity index is 2.10. The molecule has 106 valence electrons. The number of para-hydroxylation sites is 1. The van der Waals surface area contributed by atoms with E-state index in [-0.39, 0.29) is 11.8 Å². The van der Waals surface area contributed by atoms with Gasteiger partial charge in [0.1, 0.15) is 0 Å². The number of fused-ring (bicyclic) bond motifs is 1. The van der Waals surface area contributed by atoms with Crippen LogP contribution >= 0.6 is 0 Å². The summed E-state index contributed by atoms with van der Waals surface area (Å²) in [5.41, 5.74) is 3.42. The molecule has 1 aromatic heterocycles. The van der Waals surface area contributed by atoms with Gasteiger partial charge in [0.15, 0.2) is 0 Å². The standard InChI is InChI=1S/C18H18N2O/c1-19-17(21)12-16(13-6-3-2-4-7-13)15-9-5-8-14-10-11-20-18(14)15/h2-11,16,20H,12H2,1H3,(H,19,21). The Morgan fingerprint density at radius 1 is 1.10 bits per heavy atom. The van der Waals surface area contributed by atoms with Crippen molar-refractivity contribution in [2.24, 2.45) is 0 Å². The van der Waals surface area contributed by atoms with E-state index in [1.807, 2.05) is 30.5 Å². The fraction of sp³-hybridized carbons (Fsp3) is 0.167. The largest absolute Gasteiger partial charge is 0.361 e. The molecule has 0 aliphatic carbocycles. The summed E-state index contributed by atoms with van der Waals surface area (Å²) in [7, 11) is 1.68. The van der Waals surface area contributed by atoms with Crippen molar-refractivity contribution in [1.29, 1.82) is 0 Å². The van der Waals surface area contributed by atoms with Crippen LogP contribution in [-0.2, 0) is 4.79 Å². The Bertz CT molecular complexity index is 746. The van der Waals surface area contributed by atoms with Crippen molar-refractivity contribution in [2.45, 2.75) is 12.3 Å². The van der Waals surface area contributed by atoms with E-state index in [0.29, 0.717) is 6.42 Å². The van der Waals surface area contributed by atoms with Gasteiger partial charge in [0, 0.05) is 31.1 Å². The zero-order valence-electron chi connectivity index (χ0n) is 12.0. The molecule has 0 bridgehead atoms. The predicted molar refractivity (Wildman–Crippen MR) is 85.3 cm³/mol. The van der Waals surface area contributed by atoms with Gasteiger partial charge in [-0.2, -0.15) is 0 Å². The van der Waals surface area contributed by atoms with E-state index in [9.17, 15) is 4.79 Å². The highest BCUT2D eigenvalue weighted by molar-refractivity contribution is 5.85. The third kappa shape index (κ3) is 2.68. The summed E-state index contributed by atoms with van der Waals surface area (Å²) in [6.07, 6.45) is 2.38. The third-order valence-corrected chi connectivity index (χ3v) is 3.87. The number of hydrogen-bond acceptors (Lipinski definition) is 1. The van der Waals surface area contributed by atoms with Gasteiger partial charge >= 0.3 is 0 Å². The molecule has 3 nitrogen and oxygen atoms in total. The SMILES string of the molecule is CNC(=O)CC(c1ccccc1)c1cccc2cc[nH]c12. The number of aromatic amines is 1. The smallest absolute Gasteiger partial charge is 0.220 e. The van der Waals surface area contributed by atoms with Crippen molar-refractivity contribution in [3.05, 3.63) is 71.9 Å². The number of benzene rings is 2. The fourth-order valence-corrected chi connectivity index (χ4v) is 2.78. The van der Waals surface area contributed by atoms with E-state index in [2.05, 4.69) is 40.6 Å². The van der Waals surface area contributed by atoms with Crippen molar-refractivity contribution < 1.29 is 4.79 Å². The number of amides is 1. The van der Waals surface area contributed by atoms with Crippen molar-refractivity contribution in [3.8, 4) is 0 Å². The zero-order valence-corrected chi connectivity index (χ0v) is 12.0. The lowest BCUT2D eigenvalue weighted by atomic mass is 9.87. The van der Waals surface area contributed by atoms with Crippen LogP contribution in [0.3, 0.4) is 0 Å². The maximum absolute atomic E-state index is 11.9. The molecule has 0 saturated carbocycles. The van der Waals surface area contributed by atoms with Gasteiger partial charge in [0.05, 0.1) is 0 Å². The lowest BCUT2D eigenvalue weighted by Gasteiger charge is -2.18. The summed E-state index contributed by atoms with van der Waals surface area (Å²) in [4.78, 5) is 15.2. The van der Waals surface area contributed by atoms with Crippen molar-refractivity contribution in [1.82, 2.24) is 10.3 Å². The maximum atomic E-state index is 11.9. The van der Waals surface area contributed by atoms with Gasteiger partial charge in [-0.05, 0) is 22.6 Å². The second kappa shape index (κ2) is 5.83. The molecule has 0 aliphatic rings. The summed E-state index contributed by atoms with van der Waals surface area (Å²) < 4.78 is 0. The molecule has 2 N–H and O–H groups in total. The van der Waals surface area contributed by atoms with Gasteiger partial charge < -0.3 is 10.3 Å². The fourth-order valence-electron chi connectivity index (χ4n) is 2.78. The molecule has 0 spiro atoms. The number of aromatic nitrogens is 1. The first-order valence-corrected chi connectivity index (χ1v) is 7.11. The molecule has 1 unspecified atom stereocenters. The molecule has 3 rings (SSSR count). The summed E-state index contributed by atoms with van der Waals surface area (Å²) in [6.45, 7) is 0. The Hall–Kier alpha value is -2.55. The molecule has 21 heavy (non-hydrogen) atoms. The molecule has 0 aliphatic heterocycles. The molecular weight excluding hydrogens is 260 g/mol. The first-order chi connectivity index (χ1) is 10.3. The lowest BCUT2D eigenvalue weighted by Crippen LogP contribution is -2.21. The van der Waals surface area contributed by atoms with Crippen LogP contribution in [0.15, 0.2) is 60.8 Å². The van der Waals surface area contributed by atoms with Crippen LogP contribution in [0.2, 0.25) is 0 Å². The Morgan fingerprint density at radius 3 is 2.67 bits per heavy atom. The van der Waals surface area contributed by atoms with Crippen molar-refractivity contribution in [2.75, 3.05) is 7.05 Å². The minimum Gasteiger partial charge on any atom is -0.361 e. The number of carbonyl (C=O) groups excluding carboxylic acids is 1. The van der Waals surface area contributed by atoms with E-state index in [1.54, 1.807) is 7.05 Å². The molecule has 2 aromatic carbocycles. The predicted octanol–water partition coefficient (Wildman–Crippen LogP) is 3.44. The van der Waals surface area contributed by atoms with Gasteiger partial charge in [-0.3, -0.25) is 4.79 Å². The molecule has 1 atom stereocenters. The van der Waals surface area contributed by atoms with E-state index >= 15 is 0 Å². The summed E-state index contributed by atoms with van der Waals surface area (Å²) >= 11 is 0. The average Bonchev–Trinajstić information content (AvgIpc) is 3.02. The zero-order chi connectivity index (χ0) is 14.7. The number of H-pyrrole nitrogens is 1. The van der Waals surface area contributed by atoms with Crippen LogP contribution in [0, 0.1) is 0 Å². The average molecular weight is 278 g/mol. The molecule has 3 aromatic rings. The van der Waals surface area contributed by atoms with Gasteiger partial charge in [-0.1, -0.05) is 48.5 Å². The molecule has 3 heteroatoms. The highest BCUT2D eigenvalue weighted by Gasteiger charge is 2.20. The van der Waals surface area contributed by atoms with E-state index in [0.717, 1.165) is 16.6 Å². The third-order valence-electron chi connectivity index (χ3n) is 3.87. The Kier molecular flexibility index (Phi) is 3.73. The van der Waals surface area contributed by atoms with Gasteiger partial charge in [0.25, 0.3) is 0 Å². The van der Waals surface area contributed by atoms with Crippen molar-refractivity contribution in [3.63, 3.8) is 0 Å². The van der Waals surface area contributed by atoms with Crippen LogP contribution in [0.4, 0.5) is 0 Å². The number of hydrogen-bond donors (Lipinski definition) is 2. The first kappa shape index (κ1) is 13.4. The molecule has 0 radical (unpaired) electrons. The van der Waals surface area contributed by atoms with Crippen LogP contribution < -0.4 is 5.32 Å². The summed E-state index contributed by atoms with van der Waals surface area (Å²) in [5.74, 6) is 0.0981. The number of carbonyl (C=O) groups is 1. The van der Waals surface area contributed by atoms with Gasteiger partial charge in [0.2, 0.25) is 5.91 Å². The molecule has 1 amide bonds. The highest BCUT2D eigenvalue weighted by atomic mass is 16.1. The quantitative estimate of drug-likeness (QED) is 0.754. The Morgan fingerprint density at radius 2 is 1.90 bits per heavy atom. The second-order valence-corrected chi connectivity index (χ2v) is 5.13. The van der Waals surface area contributed by atoms with Crippen LogP contribution in [-0.4, -0.2) is 17.9 Å². The minimum atomic E-state index is 0.0485. The number of rotatable bonds is 4. The van der Waals surface area contributed by atoms with Crippen LogP contribution in [0.1, 0.15) is 23.5 Å². The minimum absolute atomic E-state index is 0.0485. The normalized spacial score (nSPS) is 12.2. The molecular formula is C18H18N2O. The monoisotopic (exact) mass is 278 g/mol. The van der Waals surface area contributed by atoms with Gasteiger partial charge in [-0.15, -0.1) is 0 Å². The van der Waals surface area contributed by atoms with Crippen LogP contribution in [0.5, 0.6) is 0 Å². The molecule has 0 fully saturated rings. The van der Waals surface area contributed by atoms with E-state index in [1.165, 1.54) is 5.39 Å². The number of nitrogens with one attached hydrogen (secondary N) is 2. The van der Waals surface area contributed by atoms with E-state index in [4.69, 9.17) is 0 Å². The lowest BCUT2D eigenvalue weighted by molar-refractivity contribution is -0.120. The second-order valence-electron chi connectivity index (χ2n) is 5.13. The first-order valence-electron chi connectivity index (χ1n) is 7.11. The maximum Gasteiger partial charge on any atom is 0.220 e.